The highest BCUT2D eigenvalue weighted by Gasteiger charge is 2.15. The predicted molar refractivity (Wildman–Crippen MR) is 61.4 cm³/mol. The van der Waals surface area contributed by atoms with Gasteiger partial charge in [-0.1, -0.05) is 6.07 Å². The van der Waals surface area contributed by atoms with Crippen LogP contribution < -0.4 is 10.4 Å². The summed E-state index contributed by atoms with van der Waals surface area (Å²) in [4.78, 5) is 24.5. The lowest BCUT2D eigenvalue weighted by atomic mass is 10.4. The van der Waals surface area contributed by atoms with Gasteiger partial charge >= 0.3 is 5.97 Å². The van der Waals surface area contributed by atoms with E-state index in [2.05, 4.69) is 9.07 Å². The van der Waals surface area contributed by atoms with Crippen LogP contribution in [0.3, 0.4) is 0 Å². The molecule has 0 aliphatic heterocycles. The molecule has 0 saturated carbocycles. The zero-order chi connectivity index (χ0) is 15.2. The first-order chi connectivity index (χ1) is 9.35. The summed E-state index contributed by atoms with van der Waals surface area (Å²) in [6, 6.07) is 5.12. The Morgan fingerprint density at radius 2 is 2.00 bits per heavy atom. The van der Waals surface area contributed by atoms with Crippen molar-refractivity contribution < 1.29 is 37.4 Å². The second kappa shape index (κ2) is 7.24. The lowest BCUT2D eigenvalue weighted by Crippen LogP contribution is -2.30. The number of hydrogen-bond donors (Lipinski definition) is 0. The van der Waals surface area contributed by atoms with E-state index in [1.807, 2.05) is 0 Å². The maximum absolute atomic E-state index is 11.6. The first kappa shape index (κ1) is 16.4. The van der Waals surface area contributed by atoms with Crippen LogP contribution in [-0.2, 0) is 28.5 Å². The molecule has 0 bridgehead atoms. The van der Waals surface area contributed by atoms with Crippen molar-refractivity contribution in [2.45, 2.75) is 9.79 Å². The average Bonchev–Trinajstić information content (AvgIpc) is 2.36. The molecule has 0 unspecified atom stereocenters. The number of aliphatic carboxylic acids is 1. The summed E-state index contributed by atoms with van der Waals surface area (Å²) in [7, 11) is -4.02. The van der Waals surface area contributed by atoms with Crippen molar-refractivity contribution in [2.24, 2.45) is 0 Å². The minimum Gasteiger partial charge on any atom is -0.723 e. The van der Waals surface area contributed by atoms with Crippen molar-refractivity contribution >= 4 is 33.8 Å². The Morgan fingerprint density at radius 1 is 1.30 bits per heavy atom. The molecule has 0 saturated heterocycles. The summed E-state index contributed by atoms with van der Waals surface area (Å²) >= 11 is 0.522. The lowest BCUT2D eigenvalue weighted by Gasteiger charge is -2.08. The number of rotatable bonds is 7. The summed E-state index contributed by atoms with van der Waals surface area (Å²) in [5.74, 6) is -3.81. The smallest absolute Gasteiger partial charge is 0.343 e. The van der Waals surface area contributed by atoms with Crippen molar-refractivity contribution in [3.63, 3.8) is 0 Å². The van der Waals surface area contributed by atoms with Gasteiger partial charge in [-0.3, -0.25) is 0 Å². The molecule has 0 atom stereocenters. The van der Waals surface area contributed by atoms with Gasteiger partial charge in [-0.15, -0.1) is 0 Å². The second-order valence-electron chi connectivity index (χ2n) is 3.41. The lowest BCUT2D eigenvalue weighted by molar-refractivity contribution is -0.685. The monoisotopic (exact) mass is 320 g/mol. The molecule has 0 amide bonds. The molecular weight excluding hydrogens is 312 g/mol. The Labute approximate surface area is 118 Å². The van der Waals surface area contributed by atoms with E-state index in [0.717, 1.165) is 6.07 Å². The first-order valence-electron chi connectivity index (χ1n) is 5.00. The van der Waals surface area contributed by atoms with Crippen molar-refractivity contribution in [2.75, 3.05) is 12.4 Å². The van der Waals surface area contributed by atoms with Crippen molar-refractivity contribution in [1.29, 1.82) is 0 Å². The molecule has 110 valence electrons. The highest BCUT2D eigenvalue weighted by molar-refractivity contribution is 7.95. The summed E-state index contributed by atoms with van der Waals surface area (Å²) in [5, 5.41) is 20.0. The molecule has 10 heteroatoms. The predicted octanol–water partition coefficient (Wildman–Crippen LogP) is -1.95. The highest BCUT2D eigenvalue weighted by atomic mass is 32.2. The van der Waals surface area contributed by atoms with E-state index >= 15 is 0 Å². The fraction of sp³-hybridized carbons (Fsp3) is 0.200. The number of sulfone groups is 1. The number of carboxylic acid groups (broad SMARTS) is 1. The van der Waals surface area contributed by atoms with E-state index in [1.54, 1.807) is 0 Å². The third kappa shape index (κ3) is 5.17. The van der Waals surface area contributed by atoms with E-state index in [9.17, 15) is 28.4 Å². The van der Waals surface area contributed by atoms with E-state index in [1.165, 1.54) is 18.2 Å². The number of benzene rings is 1. The van der Waals surface area contributed by atoms with E-state index in [-0.39, 0.29) is 9.79 Å². The van der Waals surface area contributed by atoms with Gasteiger partial charge in [-0.05, 0) is 18.2 Å². The Morgan fingerprint density at radius 3 is 2.60 bits per heavy atom. The molecule has 1 aromatic carbocycles. The first-order valence-corrected chi connectivity index (χ1v) is 7.39. The van der Waals surface area contributed by atoms with Crippen LogP contribution >= 0.6 is 12.0 Å². The summed E-state index contributed by atoms with van der Waals surface area (Å²) in [6.07, 6.45) is 0. The molecule has 8 nitrogen and oxygen atoms in total. The molecule has 0 aliphatic rings. The summed E-state index contributed by atoms with van der Waals surface area (Å²) in [6.45, 7) is -0.782. The normalized spacial score (nSPS) is 11.1. The number of carbonyl (C=O) groups is 2. The molecule has 20 heavy (non-hydrogen) atoms. The van der Waals surface area contributed by atoms with E-state index < -0.39 is 34.1 Å². The van der Waals surface area contributed by atoms with E-state index in [0.29, 0.717) is 12.0 Å². The Bertz CT molecular complexity index is 595. The highest BCUT2D eigenvalue weighted by Crippen LogP contribution is 2.23. The van der Waals surface area contributed by atoms with Gasteiger partial charge in [0.25, 0.3) is 0 Å². The number of hydrogen-bond acceptors (Lipinski definition) is 9. The Balaban J connectivity index is 2.81. The molecule has 0 aromatic heterocycles. The van der Waals surface area contributed by atoms with Gasteiger partial charge in [-0.25, -0.2) is 13.2 Å². The SMILES string of the molecule is O=C([O-])CS(=O)(=O)c1cccc(SOC(=O)CO[O-])c1. The van der Waals surface area contributed by atoms with Crippen LogP contribution in [0.15, 0.2) is 34.1 Å². The van der Waals surface area contributed by atoms with Crippen LogP contribution in [0.2, 0.25) is 0 Å². The van der Waals surface area contributed by atoms with E-state index in [4.69, 9.17) is 0 Å². The van der Waals surface area contributed by atoms with Gasteiger partial charge < -0.3 is 24.2 Å². The van der Waals surface area contributed by atoms with Gasteiger partial charge in [0.05, 0.1) is 28.7 Å². The van der Waals surface area contributed by atoms with Gasteiger partial charge in [0.2, 0.25) is 0 Å². The molecule has 0 N–H and O–H groups in total. The van der Waals surface area contributed by atoms with Crippen molar-refractivity contribution in [1.82, 2.24) is 0 Å². The van der Waals surface area contributed by atoms with Crippen LogP contribution in [0.4, 0.5) is 0 Å². The number of carbonyl (C=O) groups excluding carboxylic acids is 2. The standard InChI is InChI=1S/C10H10O8S2/c11-9(12)6-20(15,16)8-3-1-2-7(4-8)19-18-10(13)5-17-14/h1-4,14H,5-6H2,(H,11,12)/p-2. The Kier molecular flexibility index (Phi) is 5.95. The van der Waals surface area contributed by atoms with Crippen LogP contribution in [0, 0.1) is 0 Å². The quantitative estimate of drug-likeness (QED) is 0.319. The fourth-order valence-electron chi connectivity index (χ4n) is 1.12. The van der Waals surface area contributed by atoms with Gasteiger partial charge in [0, 0.05) is 4.90 Å². The summed E-state index contributed by atoms with van der Waals surface area (Å²) in [5.41, 5.74) is 0. The zero-order valence-electron chi connectivity index (χ0n) is 9.81. The number of carboxylic acids is 1. The minimum absolute atomic E-state index is 0.240. The molecule has 0 radical (unpaired) electrons. The van der Waals surface area contributed by atoms with Gasteiger partial charge in [0.15, 0.2) is 9.84 Å². The van der Waals surface area contributed by atoms with Crippen molar-refractivity contribution in [3.8, 4) is 0 Å². The summed E-state index contributed by atoms with van der Waals surface area (Å²) < 4.78 is 27.8. The third-order valence-corrected chi connectivity index (χ3v) is 4.18. The van der Waals surface area contributed by atoms with Crippen LogP contribution in [0.25, 0.3) is 0 Å². The second-order valence-corrected chi connectivity index (χ2v) is 6.20. The molecule has 0 heterocycles. The zero-order valence-corrected chi connectivity index (χ0v) is 11.4. The average molecular weight is 320 g/mol. The third-order valence-electron chi connectivity index (χ3n) is 1.88. The van der Waals surface area contributed by atoms with Gasteiger partial charge in [-0.2, -0.15) is 0 Å². The van der Waals surface area contributed by atoms with Crippen LogP contribution in [0.5, 0.6) is 0 Å². The fourth-order valence-corrected chi connectivity index (χ4v) is 2.82. The minimum atomic E-state index is -4.02. The Hall–Kier alpha value is -1.62. The maximum atomic E-state index is 11.6. The maximum Gasteiger partial charge on any atom is 0.343 e. The molecule has 1 rings (SSSR count). The van der Waals surface area contributed by atoms with Crippen LogP contribution in [-0.4, -0.2) is 32.7 Å². The van der Waals surface area contributed by atoms with Crippen LogP contribution in [0.1, 0.15) is 0 Å². The molecular formula is C10H8O8S2-2. The molecule has 0 spiro atoms. The van der Waals surface area contributed by atoms with Gasteiger partial charge in [0.1, 0.15) is 6.61 Å². The topological polar surface area (TPSA) is 133 Å². The molecule has 1 aromatic rings. The van der Waals surface area contributed by atoms with Crippen molar-refractivity contribution in [3.05, 3.63) is 24.3 Å². The largest absolute Gasteiger partial charge is 0.723 e. The molecule has 0 fully saturated rings. The molecule has 0 aliphatic carbocycles.